The van der Waals surface area contributed by atoms with E-state index in [1.54, 1.807) is 7.11 Å². The first-order valence-corrected chi connectivity index (χ1v) is 15.5. The van der Waals surface area contributed by atoms with Crippen molar-refractivity contribution in [3.63, 3.8) is 0 Å². The normalized spacial score (nSPS) is 19.4. The maximum absolute atomic E-state index is 13.8. The van der Waals surface area contributed by atoms with E-state index in [0.717, 1.165) is 61.0 Å². The number of ether oxygens (including phenoxy) is 1. The molecule has 2 aliphatic rings. The number of amides is 3. The van der Waals surface area contributed by atoms with E-state index in [-0.39, 0.29) is 11.8 Å². The van der Waals surface area contributed by atoms with Crippen LogP contribution in [0, 0.1) is 17.8 Å². The van der Waals surface area contributed by atoms with Gasteiger partial charge in [-0.2, -0.15) is 0 Å². The first kappa shape index (κ1) is 30.6. The smallest absolute Gasteiger partial charge is 0.245 e. The van der Waals surface area contributed by atoms with Crippen molar-refractivity contribution in [2.24, 2.45) is 23.5 Å². The Morgan fingerprint density at radius 2 is 1.73 bits per heavy atom. The molecule has 41 heavy (non-hydrogen) atoms. The second-order valence-electron chi connectivity index (χ2n) is 11.9. The standard InChI is InChI=1S/C34H47N3O4/c1-3-4-14-29(32(35)38)30(22-24-10-5-6-11-24)33(39)36-31-15-7-8-20-37(34(31)40)23-25-12-9-13-27(21-25)26-16-18-28(41-2)19-17-26/h9,12-13,16-19,21,24,29-31H,3-8,10-11,14-15,20,22-23H2,1-2H3,(H2,35,38)(H,36,39)/t29?,30?,31-/m0/s1. The first-order valence-electron chi connectivity index (χ1n) is 15.5. The number of nitrogens with one attached hydrogen (secondary N) is 1. The van der Waals surface area contributed by atoms with Gasteiger partial charge in [-0.1, -0.05) is 75.8 Å². The summed E-state index contributed by atoms with van der Waals surface area (Å²) in [6.07, 6.45) is 9.98. The van der Waals surface area contributed by atoms with Crippen LogP contribution in [0.15, 0.2) is 48.5 Å². The van der Waals surface area contributed by atoms with Crippen LogP contribution in [0.5, 0.6) is 5.75 Å². The predicted molar refractivity (Wildman–Crippen MR) is 162 cm³/mol. The number of methoxy groups -OCH3 is 1. The highest BCUT2D eigenvalue weighted by molar-refractivity contribution is 5.91. The zero-order valence-electron chi connectivity index (χ0n) is 24.8. The Balaban J connectivity index is 1.47. The molecule has 0 aromatic heterocycles. The average molecular weight is 562 g/mol. The molecule has 0 spiro atoms. The Labute approximate surface area is 245 Å². The molecule has 4 rings (SSSR count). The van der Waals surface area contributed by atoms with Crippen molar-refractivity contribution >= 4 is 17.7 Å². The van der Waals surface area contributed by atoms with Gasteiger partial charge in [0.25, 0.3) is 0 Å². The Hall–Kier alpha value is -3.35. The third-order valence-corrected chi connectivity index (χ3v) is 8.94. The molecule has 1 aliphatic carbocycles. The number of carbonyl (C=O) groups is 3. The molecule has 7 nitrogen and oxygen atoms in total. The van der Waals surface area contributed by atoms with E-state index in [9.17, 15) is 14.4 Å². The summed E-state index contributed by atoms with van der Waals surface area (Å²) in [5.41, 5.74) is 9.06. The van der Waals surface area contributed by atoms with Gasteiger partial charge in [0.2, 0.25) is 17.7 Å². The van der Waals surface area contributed by atoms with Crippen LogP contribution in [-0.2, 0) is 20.9 Å². The summed E-state index contributed by atoms with van der Waals surface area (Å²) in [4.78, 5) is 41.9. The van der Waals surface area contributed by atoms with Crippen molar-refractivity contribution in [3.05, 3.63) is 54.1 Å². The lowest BCUT2D eigenvalue weighted by Gasteiger charge is -2.30. The molecule has 2 aromatic carbocycles. The summed E-state index contributed by atoms with van der Waals surface area (Å²) < 4.78 is 5.28. The Bertz CT molecular complexity index is 1160. The molecule has 3 atom stereocenters. The van der Waals surface area contributed by atoms with E-state index in [2.05, 4.69) is 24.4 Å². The summed E-state index contributed by atoms with van der Waals surface area (Å²) in [5, 5.41) is 3.11. The molecule has 1 aliphatic heterocycles. The minimum absolute atomic E-state index is 0.0468. The topological polar surface area (TPSA) is 102 Å². The van der Waals surface area contributed by atoms with Crippen LogP contribution >= 0.6 is 0 Å². The molecule has 1 saturated heterocycles. The summed E-state index contributed by atoms with van der Waals surface area (Å²) in [5.74, 6) is -0.351. The lowest BCUT2D eigenvalue weighted by atomic mass is 9.80. The largest absolute Gasteiger partial charge is 0.497 e. The molecule has 3 amide bonds. The van der Waals surface area contributed by atoms with Crippen molar-refractivity contribution in [1.82, 2.24) is 10.2 Å². The van der Waals surface area contributed by atoms with Crippen LogP contribution in [0.4, 0.5) is 0 Å². The predicted octanol–water partition coefficient (Wildman–Crippen LogP) is 5.85. The first-order chi connectivity index (χ1) is 19.9. The second kappa shape index (κ2) is 15.0. The third kappa shape index (κ3) is 8.34. The molecular formula is C34H47N3O4. The monoisotopic (exact) mass is 561 g/mol. The van der Waals surface area contributed by atoms with Crippen molar-refractivity contribution in [2.45, 2.75) is 90.1 Å². The zero-order valence-corrected chi connectivity index (χ0v) is 24.8. The van der Waals surface area contributed by atoms with Crippen LogP contribution in [0.3, 0.4) is 0 Å². The van der Waals surface area contributed by atoms with E-state index in [1.807, 2.05) is 41.3 Å². The number of hydrogen-bond acceptors (Lipinski definition) is 4. The van der Waals surface area contributed by atoms with Gasteiger partial charge in [-0.05, 0) is 72.9 Å². The summed E-state index contributed by atoms with van der Waals surface area (Å²) in [6.45, 7) is 3.22. The van der Waals surface area contributed by atoms with E-state index >= 15 is 0 Å². The van der Waals surface area contributed by atoms with Crippen LogP contribution in [0.2, 0.25) is 0 Å². The van der Waals surface area contributed by atoms with Gasteiger partial charge in [0.05, 0.1) is 7.11 Å². The number of nitrogens with zero attached hydrogens (tertiary/aromatic N) is 1. The molecule has 1 saturated carbocycles. The van der Waals surface area contributed by atoms with Crippen LogP contribution in [0.1, 0.15) is 83.1 Å². The van der Waals surface area contributed by atoms with Crippen molar-refractivity contribution in [2.75, 3.05) is 13.7 Å². The fourth-order valence-electron chi connectivity index (χ4n) is 6.55. The molecule has 2 unspecified atom stereocenters. The number of carbonyl (C=O) groups excluding carboxylic acids is 3. The average Bonchev–Trinajstić information content (AvgIpc) is 3.44. The number of primary amides is 1. The molecule has 3 N–H and O–H groups in total. The highest BCUT2D eigenvalue weighted by Crippen LogP contribution is 2.35. The van der Waals surface area contributed by atoms with Gasteiger partial charge in [0.1, 0.15) is 11.8 Å². The summed E-state index contributed by atoms with van der Waals surface area (Å²) >= 11 is 0. The molecule has 222 valence electrons. The molecular weight excluding hydrogens is 514 g/mol. The minimum Gasteiger partial charge on any atom is -0.497 e. The number of nitrogens with two attached hydrogens (primary N) is 1. The Morgan fingerprint density at radius 3 is 2.41 bits per heavy atom. The number of unbranched alkanes of at least 4 members (excludes halogenated alkanes) is 1. The van der Waals surface area contributed by atoms with E-state index in [4.69, 9.17) is 10.5 Å². The van der Waals surface area contributed by atoms with Gasteiger partial charge in [0.15, 0.2) is 0 Å². The van der Waals surface area contributed by atoms with Crippen LogP contribution in [-0.4, -0.2) is 42.3 Å². The summed E-state index contributed by atoms with van der Waals surface area (Å²) in [6, 6.07) is 15.6. The number of likely N-dealkylation sites (tertiary alicyclic amines) is 1. The zero-order chi connectivity index (χ0) is 29.2. The number of hydrogen-bond donors (Lipinski definition) is 2. The Morgan fingerprint density at radius 1 is 1.00 bits per heavy atom. The maximum atomic E-state index is 13.8. The lowest BCUT2D eigenvalue weighted by Crippen LogP contribution is -2.50. The second-order valence-corrected chi connectivity index (χ2v) is 11.9. The maximum Gasteiger partial charge on any atom is 0.245 e. The highest BCUT2D eigenvalue weighted by Gasteiger charge is 2.37. The molecule has 1 heterocycles. The molecule has 2 aromatic rings. The fourth-order valence-corrected chi connectivity index (χ4v) is 6.55. The van der Waals surface area contributed by atoms with Crippen LogP contribution in [0.25, 0.3) is 11.1 Å². The molecule has 7 heteroatoms. The summed E-state index contributed by atoms with van der Waals surface area (Å²) in [7, 11) is 1.65. The Kier molecular flexibility index (Phi) is 11.2. The molecule has 2 fully saturated rings. The SMILES string of the molecule is CCCCC(C(N)=O)C(CC1CCCC1)C(=O)N[C@H]1CCCCN(Cc2cccc(-c3ccc(OC)cc3)c2)C1=O. The highest BCUT2D eigenvalue weighted by atomic mass is 16.5. The quantitative estimate of drug-likeness (QED) is 0.320. The van der Waals surface area contributed by atoms with E-state index in [0.29, 0.717) is 38.3 Å². The fraction of sp³-hybridized carbons (Fsp3) is 0.559. The number of rotatable bonds is 13. The van der Waals surface area contributed by atoms with Gasteiger partial charge in [-0.15, -0.1) is 0 Å². The van der Waals surface area contributed by atoms with E-state index < -0.39 is 23.8 Å². The van der Waals surface area contributed by atoms with Gasteiger partial charge < -0.3 is 20.7 Å². The van der Waals surface area contributed by atoms with Crippen molar-refractivity contribution in [1.29, 1.82) is 0 Å². The van der Waals surface area contributed by atoms with Crippen molar-refractivity contribution < 1.29 is 19.1 Å². The number of benzene rings is 2. The van der Waals surface area contributed by atoms with Gasteiger partial charge in [0, 0.05) is 24.9 Å². The van der Waals surface area contributed by atoms with E-state index in [1.165, 1.54) is 12.8 Å². The van der Waals surface area contributed by atoms with Gasteiger partial charge in [-0.25, -0.2) is 0 Å². The third-order valence-electron chi connectivity index (χ3n) is 8.94. The molecule has 0 radical (unpaired) electrons. The van der Waals surface area contributed by atoms with Gasteiger partial charge >= 0.3 is 0 Å². The molecule has 0 bridgehead atoms. The van der Waals surface area contributed by atoms with Gasteiger partial charge in [-0.3, -0.25) is 14.4 Å². The van der Waals surface area contributed by atoms with Crippen molar-refractivity contribution in [3.8, 4) is 16.9 Å². The lowest BCUT2D eigenvalue weighted by molar-refractivity contribution is -0.139. The van der Waals surface area contributed by atoms with Crippen LogP contribution < -0.4 is 15.8 Å². The minimum atomic E-state index is -0.583.